The molecule has 0 atom stereocenters. The van der Waals surface area contributed by atoms with Crippen LogP contribution < -0.4 is 0 Å². The zero-order chi connectivity index (χ0) is 20.2. The normalized spacial score (nSPS) is 19.7. The Morgan fingerprint density at radius 3 is 1.33 bits per heavy atom. The Morgan fingerprint density at radius 1 is 0.704 bits per heavy atom. The number of carboxylic acids is 2. The molecule has 0 aromatic carbocycles. The Labute approximate surface area is 159 Å². The number of aldehydes is 1. The molecule has 10 nitrogen and oxygen atoms in total. The van der Waals surface area contributed by atoms with Crippen LogP contribution in [0.25, 0.3) is 0 Å². The van der Waals surface area contributed by atoms with Gasteiger partial charge in [-0.3, -0.25) is 34.0 Å². The SMILES string of the molecule is CC(=O)CN1CCN(CC(=O)O)CCN(CC=O)CCN(CC(=O)O)CC1. The van der Waals surface area contributed by atoms with Crippen molar-refractivity contribution in [1.82, 2.24) is 19.6 Å². The second kappa shape index (κ2) is 12.5. The first-order valence-corrected chi connectivity index (χ1v) is 9.06. The van der Waals surface area contributed by atoms with Gasteiger partial charge in [0, 0.05) is 52.4 Å². The van der Waals surface area contributed by atoms with Gasteiger partial charge < -0.3 is 15.0 Å². The van der Waals surface area contributed by atoms with Gasteiger partial charge in [-0.1, -0.05) is 0 Å². The molecule has 27 heavy (non-hydrogen) atoms. The lowest BCUT2D eigenvalue weighted by atomic mass is 10.3. The van der Waals surface area contributed by atoms with Crippen molar-refractivity contribution >= 4 is 24.0 Å². The Kier molecular flexibility index (Phi) is 10.7. The predicted octanol–water partition coefficient (Wildman–Crippen LogP) is -1.83. The van der Waals surface area contributed by atoms with Crippen LogP contribution in [0.5, 0.6) is 0 Å². The summed E-state index contributed by atoms with van der Waals surface area (Å²) in [5.74, 6) is -1.83. The monoisotopic (exact) mass is 386 g/mol. The summed E-state index contributed by atoms with van der Waals surface area (Å²) in [7, 11) is 0. The van der Waals surface area contributed by atoms with Gasteiger partial charge in [0.05, 0.1) is 26.2 Å². The van der Waals surface area contributed by atoms with Crippen molar-refractivity contribution < 1.29 is 29.4 Å². The molecule has 2 N–H and O–H groups in total. The minimum atomic E-state index is -0.921. The molecule has 0 amide bonds. The third-order valence-electron chi connectivity index (χ3n) is 4.43. The van der Waals surface area contributed by atoms with E-state index in [1.165, 1.54) is 6.92 Å². The average molecular weight is 386 g/mol. The van der Waals surface area contributed by atoms with E-state index in [9.17, 15) is 19.2 Å². The fourth-order valence-corrected chi connectivity index (χ4v) is 3.04. The van der Waals surface area contributed by atoms with E-state index in [4.69, 9.17) is 10.2 Å². The highest BCUT2D eigenvalue weighted by Crippen LogP contribution is 2.01. The van der Waals surface area contributed by atoms with Crippen LogP contribution >= 0.6 is 0 Å². The first-order valence-electron chi connectivity index (χ1n) is 9.06. The van der Waals surface area contributed by atoms with Crippen LogP contribution in [0.15, 0.2) is 0 Å². The summed E-state index contributed by atoms with van der Waals surface area (Å²) in [4.78, 5) is 52.1. The van der Waals surface area contributed by atoms with E-state index >= 15 is 0 Å². The van der Waals surface area contributed by atoms with Crippen LogP contribution in [-0.2, 0) is 19.2 Å². The van der Waals surface area contributed by atoms with E-state index in [0.717, 1.165) is 6.29 Å². The van der Waals surface area contributed by atoms with Crippen molar-refractivity contribution in [2.45, 2.75) is 6.92 Å². The van der Waals surface area contributed by atoms with Crippen LogP contribution in [-0.4, -0.2) is 132 Å². The van der Waals surface area contributed by atoms with Crippen molar-refractivity contribution in [1.29, 1.82) is 0 Å². The second-order valence-corrected chi connectivity index (χ2v) is 6.79. The summed E-state index contributed by atoms with van der Waals surface area (Å²) >= 11 is 0. The largest absolute Gasteiger partial charge is 0.480 e. The number of ketones is 1. The van der Waals surface area contributed by atoms with E-state index in [1.54, 1.807) is 9.80 Å². The van der Waals surface area contributed by atoms with Gasteiger partial charge in [-0.25, -0.2) is 0 Å². The third kappa shape index (κ3) is 10.8. The number of carboxylic acid groups (broad SMARTS) is 2. The Balaban J connectivity index is 2.86. The van der Waals surface area contributed by atoms with E-state index < -0.39 is 11.9 Å². The molecule has 1 rings (SSSR count). The molecule has 1 fully saturated rings. The maximum absolute atomic E-state index is 11.5. The topological polar surface area (TPSA) is 122 Å². The predicted molar refractivity (Wildman–Crippen MR) is 97.8 cm³/mol. The fourth-order valence-electron chi connectivity index (χ4n) is 3.04. The minimum absolute atomic E-state index is 0.00817. The van der Waals surface area contributed by atoms with Crippen molar-refractivity contribution in [2.75, 3.05) is 78.5 Å². The average Bonchev–Trinajstić information content (AvgIpc) is 2.56. The van der Waals surface area contributed by atoms with E-state index in [1.807, 2.05) is 9.80 Å². The van der Waals surface area contributed by atoms with E-state index in [0.29, 0.717) is 52.4 Å². The highest BCUT2D eigenvalue weighted by Gasteiger charge is 2.19. The molecule has 0 aromatic rings. The summed E-state index contributed by atoms with van der Waals surface area (Å²) in [6.45, 7) is 5.74. The van der Waals surface area contributed by atoms with E-state index in [2.05, 4.69) is 0 Å². The number of Topliss-reactive ketones (excluding diaryl/α,β-unsaturated/α-hetero) is 1. The van der Waals surface area contributed by atoms with Gasteiger partial charge in [0.25, 0.3) is 0 Å². The highest BCUT2D eigenvalue weighted by atomic mass is 16.4. The molecule has 0 spiro atoms. The van der Waals surface area contributed by atoms with Crippen molar-refractivity contribution in [2.24, 2.45) is 0 Å². The van der Waals surface area contributed by atoms with Gasteiger partial charge in [-0.15, -0.1) is 0 Å². The molecule has 0 aromatic heterocycles. The lowest BCUT2D eigenvalue weighted by molar-refractivity contribution is -0.139. The molecule has 0 aliphatic carbocycles. The lowest BCUT2D eigenvalue weighted by Gasteiger charge is -2.32. The summed E-state index contributed by atoms with van der Waals surface area (Å²) in [5, 5.41) is 18.2. The molecule has 1 aliphatic rings. The van der Waals surface area contributed by atoms with Crippen molar-refractivity contribution in [3.63, 3.8) is 0 Å². The van der Waals surface area contributed by atoms with Gasteiger partial charge in [-0.05, 0) is 6.92 Å². The molecule has 0 unspecified atom stereocenters. The number of aliphatic carboxylic acids is 2. The fraction of sp³-hybridized carbons (Fsp3) is 0.765. The number of nitrogens with zero attached hydrogens (tertiary/aromatic N) is 4. The van der Waals surface area contributed by atoms with Crippen molar-refractivity contribution in [3.8, 4) is 0 Å². The Bertz CT molecular complexity index is 484. The number of hydrogen-bond acceptors (Lipinski definition) is 8. The standard InChI is InChI=1S/C17H30N4O6/c1-15(23)12-19-6-8-20(13-16(24)25)4-2-18(10-11-22)3-5-21(9-7-19)14-17(26)27/h11H,2-10,12-14H2,1H3,(H,24,25)(H,26,27). The summed E-state index contributed by atoms with van der Waals surface area (Å²) < 4.78 is 0. The molecule has 0 radical (unpaired) electrons. The van der Waals surface area contributed by atoms with E-state index in [-0.39, 0.29) is 32.0 Å². The van der Waals surface area contributed by atoms with Crippen LogP contribution in [0.1, 0.15) is 6.92 Å². The van der Waals surface area contributed by atoms with Crippen LogP contribution in [0.2, 0.25) is 0 Å². The number of carbonyl (C=O) groups is 4. The second-order valence-electron chi connectivity index (χ2n) is 6.79. The number of hydrogen-bond donors (Lipinski definition) is 2. The van der Waals surface area contributed by atoms with Crippen LogP contribution in [0.3, 0.4) is 0 Å². The maximum Gasteiger partial charge on any atom is 0.317 e. The Morgan fingerprint density at radius 2 is 1.04 bits per heavy atom. The highest BCUT2D eigenvalue weighted by molar-refractivity contribution is 5.77. The first-order chi connectivity index (χ1) is 12.8. The molecular weight excluding hydrogens is 356 g/mol. The summed E-state index contributed by atoms with van der Waals surface area (Å²) in [6, 6.07) is 0. The Hall–Kier alpha value is -1.88. The third-order valence-corrected chi connectivity index (χ3v) is 4.43. The molecule has 1 aliphatic heterocycles. The quantitative estimate of drug-likeness (QED) is 0.460. The van der Waals surface area contributed by atoms with Crippen molar-refractivity contribution in [3.05, 3.63) is 0 Å². The molecule has 0 saturated carbocycles. The van der Waals surface area contributed by atoms with Crippen LogP contribution in [0, 0.1) is 0 Å². The summed E-state index contributed by atoms with van der Waals surface area (Å²) in [6.07, 6.45) is 0.795. The zero-order valence-electron chi connectivity index (χ0n) is 15.9. The molecule has 0 bridgehead atoms. The molecular formula is C17H30N4O6. The van der Waals surface area contributed by atoms with Gasteiger partial charge in [0.1, 0.15) is 12.1 Å². The molecule has 1 heterocycles. The zero-order valence-corrected chi connectivity index (χ0v) is 15.9. The first kappa shape index (κ1) is 23.2. The molecule has 1 saturated heterocycles. The summed E-state index contributed by atoms with van der Waals surface area (Å²) in [5.41, 5.74) is 0. The molecule has 10 heteroatoms. The van der Waals surface area contributed by atoms with Gasteiger partial charge in [0.15, 0.2) is 0 Å². The van der Waals surface area contributed by atoms with Gasteiger partial charge >= 0.3 is 11.9 Å². The van der Waals surface area contributed by atoms with Crippen LogP contribution in [0.4, 0.5) is 0 Å². The lowest BCUT2D eigenvalue weighted by Crippen LogP contribution is -2.48. The minimum Gasteiger partial charge on any atom is -0.480 e. The maximum atomic E-state index is 11.5. The number of carbonyl (C=O) groups excluding carboxylic acids is 2. The van der Waals surface area contributed by atoms with Gasteiger partial charge in [-0.2, -0.15) is 0 Å². The molecule has 154 valence electrons. The number of rotatable bonds is 8. The smallest absolute Gasteiger partial charge is 0.317 e. The van der Waals surface area contributed by atoms with Gasteiger partial charge in [0.2, 0.25) is 0 Å².